The number of aromatic nitrogens is 1. The molecule has 284 valence electrons. The fourth-order valence-corrected chi connectivity index (χ4v) is 7.64. The van der Waals surface area contributed by atoms with Gasteiger partial charge in [-0.3, -0.25) is 14.4 Å². The maximum atomic E-state index is 14.2. The zero-order valence-corrected chi connectivity index (χ0v) is 32.0. The Hall–Kier alpha value is -3.64. The van der Waals surface area contributed by atoms with Crippen molar-refractivity contribution in [2.45, 2.75) is 108 Å². The smallest absolute Gasteiger partial charge is 0.243 e. The number of carbonyl (C=O) groups is 3. The van der Waals surface area contributed by atoms with Gasteiger partial charge in [0.2, 0.25) is 17.7 Å². The van der Waals surface area contributed by atoms with Gasteiger partial charge in [0.1, 0.15) is 6.04 Å². The summed E-state index contributed by atoms with van der Waals surface area (Å²) in [6.07, 6.45) is 5.51. The summed E-state index contributed by atoms with van der Waals surface area (Å²) in [5.41, 5.74) is 4.46. The third kappa shape index (κ3) is 13.7. The van der Waals surface area contributed by atoms with E-state index >= 15 is 0 Å². The van der Waals surface area contributed by atoms with Crippen molar-refractivity contribution < 1.29 is 24.6 Å². The van der Waals surface area contributed by atoms with Crippen LogP contribution < -0.4 is 10.6 Å². The zero-order valence-electron chi connectivity index (χ0n) is 31.2. The first-order chi connectivity index (χ1) is 25.1. The number of aliphatic hydroxyl groups excluding tert-OH is 2. The number of rotatable bonds is 21. The molecular formula is C41H59N5O5S. The Morgan fingerprint density at radius 2 is 1.56 bits per heavy atom. The highest BCUT2D eigenvalue weighted by molar-refractivity contribution is 7.07. The van der Waals surface area contributed by atoms with Gasteiger partial charge in [-0.1, -0.05) is 106 Å². The topological polar surface area (TPSA) is 135 Å². The number of nitrogens with one attached hydrogen (secondary N) is 2. The van der Waals surface area contributed by atoms with E-state index in [1.54, 1.807) is 17.5 Å². The van der Waals surface area contributed by atoms with Crippen molar-refractivity contribution in [2.24, 2.45) is 11.8 Å². The lowest BCUT2D eigenvalue weighted by atomic mass is 9.82. The van der Waals surface area contributed by atoms with Gasteiger partial charge in [-0.25, -0.2) is 4.98 Å². The minimum Gasteiger partial charge on any atom is -0.390 e. The van der Waals surface area contributed by atoms with Crippen LogP contribution in [0.4, 0.5) is 0 Å². The number of amides is 3. The van der Waals surface area contributed by atoms with E-state index in [-0.39, 0.29) is 18.7 Å². The molecule has 0 aliphatic heterocycles. The van der Waals surface area contributed by atoms with Gasteiger partial charge in [0, 0.05) is 44.9 Å². The van der Waals surface area contributed by atoms with E-state index in [2.05, 4.69) is 32.7 Å². The molecule has 0 radical (unpaired) electrons. The number of hydrogen-bond donors (Lipinski definition) is 4. The Labute approximate surface area is 314 Å². The maximum absolute atomic E-state index is 14.2. The van der Waals surface area contributed by atoms with Crippen LogP contribution in [0.5, 0.6) is 0 Å². The standard InChI is InChI=1S/C41H59N5O5S/c1-4-14-37(47)39(49)35(24-31-17-10-6-11-18-31)43-41(51)36(26-34-28-52-29-42-34)44-40(50)33(23-30-15-8-5-9-16-30)25-38(48)46(3)22-21-45(2)27-32-19-12-7-13-20-32/h5,7-9,12-13,15-16,19-20,28-29,31,33,35-37,39,47,49H,4,6,10-11,14,17-18,21-27H2,1-3H3,(H,43,51)(H,44,50)/t33-,35+,36+,37+,39-/m1/s1. The molecule has 1 aliphatic rings. The Morgan fingerprint density at radius 1 is 0.885 bits per heavy atom. The van der Waals surface area contributed by atoms with Crippen LogP contribution in [0, 0.1) is 11.8 Å². The number of hydrogen-bond acceptors (Lipinski definition) is 8. The molecule has 1 heterocycles. The van der Waals surface area contributed by atoms with Crippen LogP contribution in [0.1, 0.15) is 81.5 Å². The van der Waals surface area contributed by atoms with Crippen molar-refractivity contribution in [3.63, 3.8) is 0 Å². The van der Waals surface area contributed by atoms with Crippen LogP contribution in [0.15, 0.2) is 71.6 Å². The minimum atomic E-state index is -1.13. The monoisotopic (exact) mass is 733 g/mol. The van der Waals surface area contributed by atoms with Crippen molar-refractivity contribution in [2.75, 3.05) is 27.2 Å². The Balaban J connectivity index is 1.48. The van der Waals surface area contributed by atoms with E-state index < -0.39 is 42.0 Å². The van der Waals surface area contributed by atoms with Gasteiger partial charge >= 0.3 is 0 Å². The molecule has 1 aromatic heterocycles. The van der Waals surface area contributed by atoms with Crippen LogP contribution in [-0.2, 0) is 33.8 Å². The second-order valence-electron chi connectivity index (χ2n) is 14.6. The van der Waals surface area contributed by atoms with Gasteiger partial charge in [0.05, 0.1) is 35.4 Å². The van der Waals surface area contributed by atoms with E-state index in [4.69, 9.17) is 0 Å². The molecule has 1 aliphatic carbocycles. The van der Waals surface area contributed by atoms with Crippen molar-refractivity contribution in [1.29, 1.82) is 0 Å². The van der Waals surface area contributed by atoms with Crippen molar-refractivity contribution in [1.82, 2.24) is 25.4 Å². The molecule has 11 heteroatoms. The molecule has 52 heavy (non-hydrogen) atoms. The number of likely N-dealkylation sites (N-methyl/N-ethyl adjacent to an activating group) is 2. The molecule has 2 aromatic carbocycles. The third-order valence-corrected chi connectivity index (χ3v) is 10.9. The van der Waals surface area contributed by atoms with Crippen LogP contribution in [-0.4, -0.2) is 94.2 Å². The molecule has 0 spiro atoms. The second kappa shape index (κ2) is 21.8. The molecule has 4 rings (SSSR count). The van der Waals surface area contributed by atoms with Gasteiger partial charge in [-0.05, 0) is 43.4 Å². The highest BCUT2D eigenvalue weighted by Gasteiger charge is 2.34. The lowest BCUT2D eigenvalue weighted by Crippen LogP contribution is -2.56. The summed E-state index contributed by atoms with van der Waals surface area (Å²) in [5.74, 6) is -1.36. The van der Waals surface area contributed by atoms with Crippen LogP contribution in [0.3, 0.4) is 0 Å². The summed E-state index contributed by atoms with van der Waals surface area (Å²) in [6, 6.07) is 18.1. The van der Waals surface area contributed by atoms with Crippen molar-refractivity contribution in [3.05, 3.63) is 88.4 Å². The highest BCUT2D eigenvalue weighted by atomic mass is 32.1. The fourth-order valence-electron chi connectivity index (χ4n) is 7.07. The highest BCUT2D eigenvalue weighted by Crippen LogP contribution is 2.29. The summed E-state index contributed by atoms with van der Waals surface area (Å²) in [6.45, 7) is 3.89. The van der Waals surface area contributed by atoms with Gasteiger partial charge in [0.15, 0.2) is 0 Å². The quantitative estimate of drug-likeness (QED) is 0.121. The normalized spacial score (nSPS) is 16.4. The first-order valence-corrected chi connectivity index (χ1v) is 19.9. The molecular weight excluding hydrogens is 675 g/mol. The van der Waals surface area contributed by atoms with Crippen molar-refractivity contribution in [3.8, 4) is 0 Å². The van der Waals surface area contributed by atoms with Gasteiger partial charge in [0.25, 0.3) is 0 Å². The SMILES string of the molecule is CCC[C@H](O)[C@H](O)[C@H](CC1CCCCC1)NC(=O)[C@H](Cc1cscn1)NC(=O)[C@@H](CC(=O)N(C)CCN(C)Cc1ccccc1)Cc1ccccc1. The van der Waals surface area contributed by atoms with E-state index in [1.807, 2.05) is 67.9 Å². The van der Waals surface area contributed by atoms with E-state index in [9.17, 15) is 24.6 Å². The molecule has 5 atom stereocenters. The molecule has 0 unspecified atom stereocenters. The molecule has 1 fully saturated rings. The number of thiazole rings is 1. The summed E-state index contributed by atoms with van der Waals surface area (Å²) in [5, 5.41) is 29.9. The first kappa shape index (κ1) is 41.1. The van der Waals surface area contributed by atoms with Crippen LogP contribution in [0.25, 0.3) is 0 Å². The van der Waals surface area contributed by atoms with E-state index in [0.717, 1.165) is 37.8 Å². The molecule has 3 amide bonds. The van der Waals surface area contributed by atoms with Crippen LogP contribution in [0.2, 0.25) is 0 Å². The van der Waals surface area contributed by atoms with Gasteiger partial charge < -0.3 is 30.6 Å². The number of carbonyl (C=O) groups excluding carboxylic acids is 3. The summed E-state index contributed by atoms with van der Waals surface area (Å²) >= 11 is 1.41. The molecule has 0 bridgehead atoms. The van der Waals surface area contributed by atoms with Gasteiger partial charge in [-0.15, -0.1) is 11.3 Å². The average Bonchev–Trinajstić information content (AvgIpc) is 3.67. The Kier molecular flexibility index (Phi) is 17.2. The molecule has 10 nitrogen and oxygen atoms in total. The molecule has 0 saturated heterocycles. The Bertz CT molecular complexity index is 1470. The van der Waals surface area contributed by atoms with Crippen LogP contribution >= 0.6 is 11.3 Å². The molecule has 1 saturated carbocycles. The predicted octanol–water partition coefficient (Wildman–Crippen LogP) is 4.99. The predicted molar refractivity (Wildman–Crippen MR) is 206 cm³/mol. The van der Waals surface area contributed by atoms with Crippen molar-refractivity contribution >= 4 is 29.1 Å². The molecule has 3 aromatic rings. The van der Waals surface area contributed by atoms with E-state index in [1.165, 1.54) is 23.3 Å². The Morgan fingerprint density at radius 3 is 2.19 bits per heavy atom. The lowest BCUT2D eigenvalue weighted by Gasteiger charge is -2.33. The fraction of sp³-hybridized carbons (Fsp3) is 0.561. The average molecular weight is 734 g/mol. The summed E-state index contributed by atoms with van der Waals surface area (Å²) < 4.78 is 0. The second-order valence-corrected chi connectivity index (χ2v) is 15.3. The zero-order chi connectivity index (χ0) is 37.3. The molecule has 4 N–H and O–H groups in total. The lowest BCUT2D eigenvalue weighted by molar-refractivity contribution is -0.137. The maximum Gasteiger partial charge on any atom is 0.243 e. The van der Waals surface area contributed by atoms with E-state index in [0.29, 0.717) is 50.4 Å². The summed E-state index contributed by atoms with van der Waals surface area (Å²) in [7, 11) is 3.78. The third-order valence-electron chi connectivity index (χ3n) is 10.2. The number of aliphatic hydroxyl groups is 2. The number of benzene rings is 2. The minimum absolute atomic E-state index is 0.0170. The first-order valence-electron chi connectivity index (χ1n) is 19.0. The summed E-state index contributed by atoms with van der Waals surface area (Å²) in [4.78, 5) is 50.1. The number of nitrogens with zero attached hydrogens (tertiary/aromatic N) is 3. The van der Waals surface area contributed by atoms with Gasteiger partial charge in [-0.2, -0.15) is 0 Å². The largest absolute Gasteiger partial charge is 0.390 e.